The summed E-state index contributed by atoms with van der Waals surface area (Å²) < 4.78 is 89.7. The van der Waals surface area contributed by atoms with Gasteiger partial charge in [-0.05, 0) is 114 Å². The molecule has 0 spiro atoms. The molecule has 4 heterocycles. The van der Waals surface area contributed by atoms with Gasteiger partial charge in [0.2, 0.25) is 23.6 Å². The topological polar surface area (TPSA) is 126 Å². The number of halogens is 6. The number of aromatic nitrogens is 2. The summed E-state index contributed by atoms with van der Waals surface area (Å²) in [5.74, 6) is -1.33. The van der Waals surface area contributed by atoms with E-state index in [2.05, 4.69) is 43.4 Å². The molecule has 2 fully saturated rings. The maximum Gasteiger partial charge on any atom is 0.421 e. The third-order valence-electron chi connectivity index (χ3n) is 11.3. The Balaban J connectivity index is 0.000000234. The number of pyridine rings is 2. The average molecular weight is 871 g/mol. The number of nitrogens with one attached hydrogen (secondary N) is 4. The first-order valence-corrected chi connectivity index (χ1v) is 20.6. The van der Waals surface area contributed by atoms with Gasteiger partial charge in [0.25, 0.3) is 0 Å². The monoisotopic (exact) mass is 870 g/mol. The minimum absolute atomic E-state index is 0.0743. The van der Waals surface area contributed by atoms with Crippen molar-refractivity contribution in [3.8, 4) is 11.8 Å². The maximum atomic E-state index is 13.2. The van der Waals surface area contributed by atoms with Crippen LogP contribution in [0.4, 0.5) is 26.3 Å². The number of hydrogen-bond donors (Lipinski definition) is 4. The fraction of sp³-hybridized carbons (Fsp3) is 0.478. The third-order valence-corrected chi connectivity index (χ3v) is 11.3. The second-order valence-electron chi connectivity index (χ2n) is 17.1. The molecule has 2 aliphatic heterocycles. The summed E-state index contributed by atoms with van der Waals surface area (Å²) in [6.07, 6.45) is -5.16. The zero-order chi connectivity index (χ0) is 45.3. The Morgan fingerprint density at radius 3 is 1.34 bits per heavy atom. The molecule has 4 atom stereocenters. The average Bonchev–Trinajstić information content (AvgIpc) is 3.23. The molecule has 10 nitrogen and oxygen atoms in total. The quantitative estimate of drug-likeness (QED) is 0.105. The zero-order valence-electron chi connectivity index (χ0n) is 35.8. The molecule has 16 heteroatoms. The fourth-order valence-corrected chi connectivity index (χ4v) is 7.52. The van der Waals surface area contributed by atoms with E-state index in [1.165, 1.54) is 35.7 Å². The van der Waals surface area contributed by atoms with Gasteiger partial charge in [0.1, 0.15) is 24.3 Å². The predicted octanol–water partition coefficient (Wildman–Crippen LogP) is 8.15. The second-order valence-corrected chi connectivity index (χ2v) is 17.1. The molecule has 2 aromatic carbocycles. The van der Waals surface area contributed by atoms with Gasteiger partial charge < -0.3 is 30.7 Å². The number of hydrogen-bond acceptors (Lipinski definition) is 8. The molecule has 0 saturated carbocycles. The van der Waals surface area contributed by atoms with Gasteiger partial charge in [0, 0.05) is 49.4 Å². The molecule has 336 valence electrons. The summed E-state index contributed by atoms with van der Waals surface area (Å²) in [7, 11) is 0. The lowest BCUT2D eigenvalue weighted by Crippen LogP contribution is -2.52. The number of alkyl halides is 6. The number of carbonyl (C=O) groups excluding carboxylic acids is 2. The van der Waals surface area contributed by atoms with Crippen molar-refractivity contribution < 1.29 is 45.4 Å². The highest BCUT2D eigenvalue weighted by Gasteiger charge is 2.40. The highest BCUT2D eigenvalue weighted by molar-refractivity contribution is 5.83. The lowest BCUT2D eigenvalue weighted by molar-refractivity contribution is -0.141. The molecule has 0 radical (unpaired) electrons. The molecule has 4 N–H and O–H groups in total. The number of amides is 2. The zero-order valence-corrected chi connectivity index (χ0v) is 35.8. The number of carbonyl (C=O) groups is 2. The number of piperidine rings is 2. The van der Waals surface area contributed by atoms with Gasteiger partial charge in [-0.15, -0.1) is 0 Å². The minimum Gasteiger partial charge on any atom is -0.476 e. The Bertz CT molecular complexity index is 1980. The molecule has 4 aromatic rings. The van der Waals surface area contributed by atoms with Gasteiger partial charge in [-0.3, -0.25) is 9.59 Å². The van der Waals surface area contributed by atoms with Crippen LogP contribution >= 0.6 is 0 Å². The third kappa shape index (κ3) is 12.5. The highest BCUT2D eigenvalue weighted by Crippen LogP contribution is 2.37. The smallest absolute Gasteiger partial charge is 0.421 e. The second kappa shape index (κ2) is 20.3. The molecule has 0 aliphatic carbocycles. The van der Waals surface area contributed by atoms with Crippen molar-refractivity contribution >= 4 is 11.8 Å². The number of ether oxygens (including phenoxy) is 2. The van der Waals surface area contributed by atoms with E-state index in [0.717, 1.165) is 62.3 Å². The van der Waals surface area contributed by atoms with E-state index >= 15 is 0 Å². The van der Waals surface area contributed by atoms with E-state index in [-0.39, 0.29) is 48.9 Å². The molecule has 2 aliphatic rings. The standard InChI is InChI=1S/2C23H28F3N3O2/c2*1-15-7-4-5-8-16(15)17-13-27-12-10-19(17)29-21(30)22(2,3)14-31-20-18(23(24,25)26)9-6-11-28-20/h2*4-9,11,17,19,27H,10,12-14H2,1-3H3,(H,29,30)/t2*17-,19+/m10/s1. The van der Waals surface area contributed by atoms with Crippen LogP contribution < -0.4 is 30.7 Å². The summed E-state index contributed by atoms with van der Waals surface area (Å²) in [5, 5.41) is 13.0. The minimum atomic E-state index is -4.58. The summed E-state index contributed by atoms with van der Waals surface area (Å²) >= 11 is 0. The molecule has 2 aromatic heterocycles. The molecular weight excluding hydrogens is 815 g/mol. The SMILES string of the molecule is Cc1ccccc1[C@@H]1CNCC[C@H]1NC(=O)C(C)(C)COc1ncccc1C(F)(F)F.Cc1ccccc1[C@H]1CNCC[C@@H]1NC(=O)C(C)(C)COc1ncccc1C(F)(F)F. The Kier molecular flexibility index (Phi) is 15.7. The van der Waals surface area contributed by atoms with E-state index in [1.54, 1.807) is 27.7 Å². The van der Waals surface area contributed by atoms with Gasteiger partial charge in [-0.1, -0.05) is 48.5 Å². The Morgan fingerprint density at radius 2 is 0.984 bits per heavy atom. The Labute approximate surface area is 359 Å². The van der Waals surface area contributed by atoms with Crippen LogP contribution in [0.5, 0.6) is 11.8 Å². The van der Waals surface area contributed by atoms with Crippen LogP contribution in [-0.2, 0) is 21.9 Å². The Hall–Kier alpha value is -5.22. The number of benzene rings is 2. The van der Waals surface area contributed by atoms with Crippen molar-refractivity contribution in [2.45, 2.75) is 90.7 Å². The summed E-state index contributed by atoms with van der Waals surface area (Å²) in [6, 6.07) is 20.3. The largest absolute Gasteiger partial charge is 0.476 e. The van der Waals surface area contributed by atoms with Gasteiger partial charge in [0.05, 0.1) is 10.8 Å². The van der Waals surface area contributed by atoms with E-state index in [1.807, 2.05) is 50.2 Å². The molecular formula is C46H56F6N6O4. The van der Waals surface area contributed by atoms with Gasteiger partial charge in [-0.2, -0.15) is 26.3 Å². The predicted molar refractivity (Wildman–Crippen MR) is 224 cm³/mol. The summed E-state index contributed by atoms with van der Waals surface area (Å²) in [5.41, 5.74) is 0.687. The maximum absolute atomic E-state index is 13.2. The van der Waals surface area contributed by atoms with Crippen LogP contribution in [0.15, 0.2) is 85.2 Å². The first-order valence-electron chi connectivity index (χ1n) is 20.6. The van der Waals surface area contributed by atoms with E-state index in [0.29, 0.717) is 0 Å². The van der Waals surface area contributed by atoms with E-state index in [4.69, 9.17) is 9.47 Å². The van der Waals surface area contributed by atoms with Crippen LogP contribution in [0.1, 0.15) is 85.8 Å². The van der Waals surface area contributed by atoms with Crippen LogP contribution in [0.3, 0.4) is 0 Å². The summed E-state index contributed by atoms with van der Waals surface area (Å²) in [4.78, 5) is 33.5. The number of rotatable bonds is 12. The van der Waals surface area contributed by atoms with E-state index in [9.17, 15) is 35.9 Å². The molecule has 6 rings (SSSR count). The Morgan fingerprint density at radius 1 is 0.613 bits per heavy atom. The van der Waals surface area contributed by atoms with Crippen molar-refractivity contribution in [1.82, 2.24) is 31.2 Å². The summed E-state index contributed by atoms with van der Waals surface area (Å²) in [6.45, 7) is 13.3. The number of aryl methyl sites for hydroxylation is 2. The molecule has 2 amide bonds. The van der Waals surface area contributed by atoms with E-state index < -0.39 is 46.1 Å². The van der Waals surface area contributed by atoms with Crippen LogP contribution in [0.25, 0.3) is 0 Å². The van der Waals surface area contributed by atoms with Gasteiger partial charge in [-0.25, -0.2) is 9.97 Å². The number of nitrogens with zero attached hydrogens (tertiary/aromatic N) is 2. The first kappa shape index (κ1) is 47.8. The van der Waals surface area contributed by atoms with Crippen molar-refractivity contribution in [2.24, 2.45) is 10.8 Å². The lowest BCUT2D eigenvalue weighted by Gasteiger charge is -2.36. The molecule has 0 bridgehead atoms. The molecule has 0 unspecified atom stereocenters. The lowest BCUT2D eigenvalue weighted by atomic mass is 9.83. The van der Waals surface area contributed by atoms with Crippen molar-refractivity contribution in [1.29, 1.82) is 0 Å². The fourth-order valence-electron chi connectivity index (χ4n) is 7.52. The van der Waals surface area contributed by atoms with Gasteiger partial charge in [0.15, 0.2) is 0 Å². The molecule has 62 heavy (non-hydrogen) atoms. The highest BCUT2D eigenvalue weighted by atomic mass is 19.4. The first-order chi connectivity index (χ1) is 29.2. The normalized spacial score (nSPS) is 19.7. The van der Waals surface area contributed by atoms with Crippen molar-refractivity contribution in [3.63, 3.8) is 0 Å². The van der Waals surface area contributed by atoms with Crippen molar-refractivity contribution in [2.75, 3.05) is 39.4 Å². The van der Waals surface area contributed by atoms with Crippen LogP contribution in [0, 0.1) is 24.7 Å². The van der Waals surface area contributed by atoms with Crippen molar-refractivity contribution in [3.05, 3.63) is 119 Å². The van der Waals surface area contributed by atoms with Crippen LogP contribution in [-0.4, -0.2) is 73.3 Å². The van der Waals surface area contributed by atoms with Gasteiger partial charge >= 0.3 is 12.4 Å². The van der Waals surface area contributed by atoms with Crippen LogP contribution in [0.2, 0.25) is 0 Å². The molecule has 2 saturated heterocycles.